The first-order chi connectivity index (χ1) is 15.7. The second-order valence-corrected chi connectivity index (χ2v) is 8.83. The topological polar surface area (TPSA) is 97.0 Å². The molecule has 7 nitrogen and oxygen atoms in total. The number of carbonyl (C=O) groups excluding carboxylic acids is 2. The van der Waals surface area contributed by atoms with Crippen LogP contribution in [0.1, 0.15) is 12.5 Å². The number of thioether (sulfide) groups is 1. The first-order valence-corrected chi connectivity index (χ1v) is 11.8. The number of halogens is 3. The van der Waals surface area contributed by atoms with Crippen LogP contribution in [0.15, 0.2) is 52.4 Å². The van der Waals surface area contributed by atoms with Gasteiger partial charge in [-0.15, -0.1) is 0 Å². The van der Waals surface area contributed by atoms with Crippen LogP contribution in [0.25, 0.3) is 16.5 Å². The van der Waals surface area contributed by atoms with Gasteiger partial charge in [-0.05, 0) is 46.7 Å². The van der Waals surface area contributed by atoms with Crippen molar-refractivity contribution in [1.82, 2.24) is 14.9 Å². The number of nitriles is 1. The van der Waals surface area contributed by atoms with Gasteiger partial charge in [0.25, 0.3) is 0 Å². The number of rotatable bonds is 8. The number of hydrogen-bond acceptors (Lipinski definition) is 7. The van der Waals surface area contributed by atoms with E-state index in [1.807, 2.05) is 5.32 Å². The van der Waals surface area contributed by atoms with E-state index in [4.69, 9.17) is 4.74 Å². The highest BCUT2D eigenvalue weighted by atomic mass is 79.9. The van der Waals surface area contributed by atoms with E-state index in [-0.39, 0.29) is 29.3 Å². The summed E-state index contributed by atoms with van der Waals surface area (Å²) in [6.07, 6.45) is 1.33. The van der Waals surface area contributed by atoms with Crippen molar-refractivity contribution in [3.63, 3.8) is 0 Å². The lowest BCUT2D eigenvalue weighted by Gasteiger charge is -2.20. The predicted octanol–water partition coefficient (Wildman–Crippen LogP) is 4.32. The summed E-state index contributed by atoms with van der Waals surface area (Å²) in [7, 11) is 0. The van der Waals surface area contributed by atoms with Crippen molar-refractivity contribution in [2.45, 2.75) is 23.4 Å². The van der Waals surface area contributed by atoms with E-state index in [0.717, 1.165) is 0 Å². The lowest BCUT2D eigenvalue weighted by atomic mass is 10.0. The molecule has 172 valence electrons. The Labute approximate surface area is 206 Å². The number of imidazole rings is 1. The molecule has 3 rings (SSSR count). The number of alkyl halides is 2. The summed E-state index contributed by atoms with van der Waals surface area (Å²) in [5.41, 5.74) is 0.925. The minimum absolute atomic E-state index is 0.0358. The van der Waals surface area contributed by atoms with Crippen LogP contribution >= 0.6 is 40.3 Å². The number of thiol groups is 1. The van der Waals surface area contributed by atoms with Gasteiger partial charge in [-0.25, -0.2) is 9.78 Å². The normalized spacial score (nSPS) is 12.2. The van der Waals surface area contributed by atoms with Crippen LogP contribution in [0.3, 0.4) is 0 Å². The minimum atomic E-state index is -3.96. The molecule has 33 heavy (non-hydrogen) atoms. The number of ether oxygens (including phenoxy) is 1. The molecule has 0 radical (unpaired) electrons. The maximum absolute atomic E-state index is 14.8. The number of esters is 1. The smallest absolute Gasteiger partial charge is 0.377 e. The van der Waals surface area contributed by atoms with Gasteiger partial charge in [0.2, 0.25) is 0 Å². The van der Waals surface area contributed by atoms with E-state index in [1.165, 1.54) is 10.8 Å². The molecule has 1 N–H and O–H groups in total. The van der Waals surface area contributed by atoms with Crippen molar-refractivity contribution in [2.24, 2.45) is 0 Å². The van der Waals surface area contributed by atoms with Gasteiger partial charge in [0.05, 0.1) is 30.1 Å². The Balaban J connectivity index is 1.95. The molecule has 0 spiro atoms. The lowest BCUT2D eigenvalue weighted by Crippen LogP contribution is -2.48. The Kier molecular flexibility index (Phi) is 7.99. The Morgan fingerprint density at radius 1 is 1.33 bits per heavy atom. The number of fused-ring (bicyclic) bond motifs is 1. The number of nitrogens with zero attached hydrogens (tertiary/aromatic N) is 3. The van der Waals surface area contributed by atoms with Crippen LogP contribution in [-0.4, -0.2) is 45.1 Å². The maximum Gasteiger partial charge on any atom is 0.377 e. The summed E-state index contributed by atoms with van der Waals surface area (Å²) in [6, 6.07) is 11.0. The van der Waals surface area contributed by atoms with Crippen molar-refractivity contribution < 1.29 is 23.1 Å². The van der Waals surface area contributed by atoms with Crippen LogP contribution in [0.2, 0.25) is 0 Å². The van der Waals surface area contributed by atoms with Crippen molar-refractivity contribution in [3.8, 4) is 11.8 Å². The molecule has 0 aliphatic rings. The highest BCUT2D eigenvalue weighted by Crippen LogP contribution is 2.39. The van der Waals surface area contributed by atoms with E-state index in [1.54, 1.807) is 43.3 Å². The number of benzene rings is 2. The van der Waals surface area contributed by atoms with Crippen molar-refractivity contribution in [2.75, 3.05) is 12.4 Å². The molecule has 1 amide bonds. The third-order valence-corrected chi connectivity index (χ3v) is 6.33. The van der Waals surface area contributed by atoms with Crippen LogP contribution in [0.4, 0.5) is 8.78 Å². The van der Waals surface area contributed by atoms with Gasteiger partial charge in [-0.2, -0.15) is 26.7 Å². The van der Waals surface area contributed by atoms with Gasteiger partial charge in [-0.1, -0.05) is 24.3 Å². The summed E-state index contributed by atoms with van der Waals surface area (Å²) >= 11 is 7.16. The fourth-order valence-corrected chi connectivity index (χ4v) is 4.60. The molecule has 1 heterocycles. The highest BCUT2D eigenvalue weighted by Gasteiger charge is 2.43. The summed E-state index contributed by atoms with van der Waals surface area (Å²) in [6.45, 7) is 1.60. The zero-order chi connectivity index (χ0) is 24.2. The Hall–Kier alpha value is -2.62. The molecule has 12 heteroatoms. The Morgan fingerprint density at radius 3 is 2.67 bits per heavy atom. The molecule has 0 saturated carbocycles. The SMILES string of the molecule is CCOC(=O)C(CS)NC(=O)C(F)(F)Sc1ncc(Br)n1-c1ccc(C#N)c2ccccc12. The van der Waals surface area contributed by atoms with E-state index in [0.29, 0.717) is 26.6 Å². The molecule has 3 aromatic rings. The quantitative estimate of drug-likeness (QED) is 0.244. The van der Waals surface area contributed by atoms with Crippen LogP contribution in [0.5, 0.6) is 0 Å². The molecular formula is C21H17BrF2N4O3S2. The van der Waals surface area contributed by atoms with Gasteiger partial charge < -0.3 is 10.1 Å². The summed E-state index contributed by atoms with van der Waals surface area (Å²) in [4.78, 5) is 28.1. The number of amides is 1. The highest BCUT2D eigenvalue weighted by molar-refractivity contribution is 9.10. The van der Waals surface area contributed by atoms with Crippen LogP contribution < -0.4 is 5.32 Å². The fraction of sp³-hybridized carbons (Fsp3) is 0.238. The van der Waals surface area contributed by atoms with Gasteiger partial charge in [0, 0.05) is 16.5 Å². The molecule has 0 saturated heterocycles. The first kappa shape index (κ1) is 25.0. The van der Waals surface area contributed by atoms with Gasteiger partial charge in [0.15, 0.2) is 5.16 Å². The fourth-order valence-electron chi connectivity index (χ4n) is 3.01. The number of carbonyl (C=O) groups is 2. The first-order valence-electron chi connectivity index (χ1n) is 9.54. The average molecular weight is 555 g/mol. The Morgan fingerprint density at radius 2 is 2.03 bits per heavy atom. The van der Waals surface area contributed by atoms with E-state index in [9.17, 15) is 23.6 Å². The predicted molar refractivity (Wildman–Crippen MR) is 127 cm³/mol. The zero-order valence-electron chi connectivity index (χ0n) is 17.1. The zero-order valence-corrected chi connectivity index (χ0v) is 20.4. The van der Waals surface area contributed by atoms with E-state index >= 15 is 0 Å². The molecular weight excluding hydrogens is 538 g/mol. The molecule has 1 aromatic heterocycles. The van der Waals surface area contributed by atoms with E-state index in [2.05, 4.69) is 39.6 Å². The molecule has 0 aliphatic heterocycles. The third-order valence-electron chi connectivity index (χ3n) is 4.49. The number of nitrogens with one attached hydrogen (secondary N) is 1. The molecule has 2 aromatic carbocycles. The lowest BCUT2D eigenvalue weighted by molar-refractivity contribution is -0.148. The summed E-state index contributed by atoms with van der Waals surface area (Å²) in [5, 5.41) is 8.51. The average Bonchev–Trinajstić information content (AvgIpc) is 3.15. The largest absolute Gasteiger partial charge is 0.464 e. The maximum atomic E-state index is 14.8. The number of aromatic nitrogens is 2. The van der Waals surface area contributed by atoms with Crippen molar-refractivity contribution in [3.05, 3.63) is 52.8 Å². The minimum Gasteiger partial charge on any atom is -0.464 e. The molecule has 1 unspecified atom stereocenters. The molecule has 0 fully saturated rings. The Bertz CT molecular complexity index is 1250. The summed E-state index contributed by atoms with van der Waals surface area (Å²) in [5.74, 6) is -2.73. The van der Waals surface area contributed by atoms with Crippen molar-refractivity contribution in [1.29, 1.82) is 5.26 Å². The molecule has 1 atom stereocenters. The van der Waals surface area contributed by atoms with Crippen LogP contribution in [0, 0.1) is 11.3 Å². The van der Waals surface area contributed by atoms with E-state index < -0.39 is 23.2 Å². The summed E-state index contributed by atoms with van der Waals surface area (Å²) < 4.78 is 36.2. The monoisotopic (exact) mass is 554 g/mol. The second-order valence-electron chi connectivity index (χ2n) is 6.57. The van der Waals surface area contributed by atoms with Crippen molar-refractivity contribution >= 4 is 63.0 Å². The molecule has 0 bridgehead atoms. The third kappa shape index (κ3) is 5.31. The second kappa shape index (κ2) is 10.5. The van der Waals surface area contributed by atoms with Gasteiger partial charge >= 0.3 is 17.1 Å². The van der Waals surface area contributed by atoms with Crippen LogP contribution in [-0.2, 0) is 14.3 Å². The molecule has 0 aliphatic carbocycles. The standard InChI is InChI=1S/C21H17BrF2N4O3S2/c1-2-31-18(29)15(11-32)27-19(30)21(23,24)33-20-26-10-17(22)28(20)16-8-7-12(9-25)13-5-3-4-6-14(13)16/h3-8,10,15,32H,2,11H2,1H3,(H,27,30). The van der Waals surface area contributed by atoms with Gasteiger partial charge in [-0.3, -0.25) is 9.36 Å². The number of hydrogen-bond donors (Lipinski definition) is 2. The van der Waals surface area contributed by atoms with Gasteiger partial charge in [0.1, 0.15) is 10.6 Å².